The van der Waals surface area contributed by atoms with Gasteiger partial charge in [-0.25, -0.2) is 9.97 Å². The van der Waals surface area contributed by atoms with Gasteiger partial charge in [0.15, 0.2) is 5.82 Å². The summed E-state index contributed by atoms with van der Waals surface area (Å²) in [5.74, 6) is -1.90. The van der Waals surface area contributed by atoms with E-state index < -0.39 is 44.8 Å². The Balaban J connectivity index is 1.70. The van der Waals surface area contributed by atoms with Gasteiger partial charge in [-0.15, -0.1) is 11.3 Å². The highest BCUT2D eigenvalue weighted by Crippen LogP contribution is 2.59. The molecule has 0 aliphatic carbocycles. The van der Waals surface area contributed by atoms with E-state index in [0.29, 0.717) is 0 Å². The van der Waals surface area contributed by atoms with E-state index in [1.807, 2.05) is 0 Å². The zero-order chi connectivity index (χ0) is 30.9. The van der Waals surface area contributed by atoms with Crippen LogP contribution in [-0.2, 0) is 25.1 Å². The van der Waals surface area contributed by atoms with E-state index in [-0.39, 0.29) is 38.7 Å². The number of ether oxygens (including phenoxy) is 1. The van der Waals surface area contributed by atoms with Gasteiger partial charge in [0.25, 0.3) is 5.91 Å². The first-order chi connectivity index (χ1) is 19.5. The van der Waals surface area contributed by atoms with Gasteiger partial charge in [0.1, 0.15) is 10.6 Å². The topological polar surface area (TPSA) is 191 Å². The number of methoxy groups -OCH3 is 1. The molecule has 2 heterocycles. The molecule has 1 amide bonds. The first-order valence-electron chi connectivity index (χ1n) is 11.7. The van der Waals surface area contributed by atoms with E-state index in [9.17, 15) is 46.7 Å². The Morgan fingerprint density at radius 2 is 1.67 bits per heavy atom. The van der Waals surface area contributed by atoms with Crippen LogP contribution in [0.4, 0.5) is 24.7 Å². The molecule has 0 saturated carbocycles. The highest BCUT2D eigenvalue weighted by Gasteiger charge is 2.61. The Labute approximate surface area is 239 Å². The Morgan fingerprint density at radius 1 is 1.00 bits per heavy atom. The summed E-state index contributed by atoms with van der Waals surface area (Å²) in [7, 11) is -9.96. The second kappa shape index (κ2) is 11.8. The van der Waals surface area contributed by atoms with E-state index in [2.05, 4.69) is 20.6 Å². The van der Waals surface area contributed by atoms with Crippen LogP contribution in [0, 0.1) is 0 Å². The summed E-state index contributed by atoms with van der Waals surface area (Å²) in [6.07, 6.45) is -5.89. The van der Waals surface area contributed by atoms with Gasteiger partial charge in [-0.2, -0.15) is 13.2 Å². The Morgan fingerprint density at radius 3 is 2.26 bits per heavy atom. The van der Waals surface area contributed by atoms with Crippen molar-refractivity contribution < 1.29 is 51.4 Å². The average Bonchev–Trinajstić information content (AvgIpc) is 3.38. The minimum absolute atomic E-state index is 0.0797. The molecule has 0 spiro atoms. The number of nitrogens with zero attached hydrogens (tertiary/aromatic N) is 2. The lowest BCUT2D eigenvalue weighted by Gasteiger charge is -2.33. The molecule has 0 fully saturated rings. The number of hydrogen-bond donors (Lipinski definition) is 6. The third kappa shape index (κ3) is 6.72. The predicted octanol–water partition coefficient (Wildman–Crippen LogP) is 4.54. The molecule has 4 aromatic rings. The quantitative estimate of drug-likeness (QED) is 0.133. The minimum atomic E-state index is -5.37. The van der Waals surface area contributed by atoms with Crippen LogP contribution >= 0.6 is 26.5 Å². The van der Waals surface area contributed by atoms with Gasteiger partial charge in [0.05, 0.1) is 5.39 Å². The molecular weight excluding hydrogens is 623 g/mol. The van der Waals surface area contributed by atoms with Crippen molar-refractivity contribution in [3.8, 4) is 11.4 Å². The second-order valence-electron chi connectivity index (χ2n) is 8.96. The summed E-state index contributed by atoms with van der Waals surface area (Å²) < 4.78 is 71.3. The van der Waals surface area contributed by atoms with Crippen molar-refractivity contribution in [2.24, 2.45) is 0 Å². The predicted molar refractivity (Wildman–Crippen MR) is 149 cm³/mol. The summed E-state index contributed by atoms with van der Waals surface area (Å²) in [6, 6.07) is 14.4. The first-order valence-corrected chi connectivity index (χ1v) is 16.0. The molecule has 1 atom stereocenters. The molecule has 18 heteroatoms. The molecule has 4 rings (SSSR count). The Hall–Kier alpha value is -3.20. The van der Waals surface area contributed by atoms with Crippen LogP contribution in [-0.4, -0.2) is 59.9 Å². The molecule has 0 aliphatic heterocycles. The Bertz CT molecular complexity index is 1670. The molecule has 12 nitrogen and oxygen atoms in total. The van der Waals surface area contributed by atoms with Crippen LogP contribution in [0.3, 0.4) is 0 Å². The number of amides is 1. The van der Waals surface area contributed by atoms with Crippen LogP contribution in [0.5, 0.6) is 0 Å². The number of fused-ring (bicyclic) bond motifs is 1. The maximum Gasteiger partial charge on any atom is 0.426 e. The van der Waals surface area contributed by atoms with Crippen LogP contribution in [0.1, 0.15) is 5.56 Å². The SMILES string of the molecule is CO[C@](Cc1ccccc1)(C(=O)Nc1cccc(-c2nc(NC(P(=O)(O)O)P(=O)(O)O)c3ccsc3n2)c1)C(F)(F)F. The molecule has 6 N–H and O–H groups in total. The second-order valence-corrected chi connectivity index (χ2v) is 13.6. The monoisotopic (exact) mass is 646 g/mol. The maximum atomic E-state index is 14.3. The molecule has 0 aliphatic rings. The Kier molecular flexibility index (Phi) is 8.93. The summed E-state index contributed by atoms with van der Waals surface area (Å²) in [4.78, 5) is 60.0. The number of aromatic nitrogens is 2. The van der Waals surface area contributed by atoms with E-state index in [1.165, 1.54) is 54.6 Å². The maximum absolute atomic E-state index is 14.3. The van der Waals surface area contributed by atoms with Crippen molar-refractivity contribution in [1.82, 2.24) is 9.97 Å². The van der Waals surface area contributed by atoms with E-state index in [4.69, 9.17) is 4.74 Å². The first kappa shape index (κ1) is 31.7. The van der Waals surface area contributed by atoms with Crippen molar-refractivity contribution >= 4 is 54.2 Å². The van der Waals surface area contributed by atoms with Crippen molar-refractivity contribution in [3.05, 3.63) is 71.6 Å². The van der Waals surface area contributed by atoms with Crippen LogP contribution in [0.25, 0.3) is 21.6 Å². The van der Waals surface area contributed by atoms with E-state index in [1.54, 1.807) is 11.4 Å². The standard InChI is InChI=1S/C24H23F3N4O8P2S/c1-39-23(24(25,26)27,13-14-6-3-2-4-7-14)21(32)28-16-9-5-8-15(12-16)18-29-19(17-10-11-42-20(17)30-18)31-22(40(33,34)35)41(36,37)38/h2-12,22H,13H2,1H3,(H,28,32)(H,29,30,31)(H2,33,34,35)(H2,36,37,38)/t23-/m1/s1. The number of hydrogen-bond acceptors (Lipinski definition) is 8. The molecule has 2 aromatic heterocycles. The zero-order valence-corrected chi connectivity index (χ0v) is 24.0. The van der Waals surface area contributed by atoms with Crippen molar-refractivity contribution in [1.29, 1.82) is 0 Å². The largest absolute Gasteiger partial charge is 0.426 e. The van der Waals surface area contributed by atoms with Crippen molar-refractivity contribution in [2.45, 2.75) is 23.7 Å². The number of carbonyl (C=O) groups excluding carboxylic acids is 1. The fourth-order valence-electron chi connectivity index (χ4n) is 4.02. The fraction of sp³-hybridized carbons (Fsp3) is 0.208. The van der Waals surface area contributed by atoms with E-state index >= 15 is 0 Å². The lowest BCUT2D eigenvalue weighted by molar-refractivity contribution is -0.257. The molecule has 224 valence electrons. The number of carbonyl (C=O) groups is 1. The van der Waals surface area contributed by atoms with Gasteiger partial charge in [0.2, 0.25) is 11.1 Å². The average molecular weight is 646 g/mol. The third-order valence-electron chi connectivity index (χ3n) is 6.08. The molecule has 0 bridgehead atoms. The highest BCUT2D eigenvalue weighted by atomic mass is 32.1. The van der Waals surface area contributed by atoms with Crippen molar-refractivity contribution in [2.75, 3.05) is 17.7 Å². The third-order valence-corrected chi connectivity index (χ3v) is 10.2. The fourth-order valence-corrected chi connectivity index (χ4v) is 6.93. The van der Waals surface area contributed by atoms with Gasteiger partial charge in [-0.3, -0.25) is 13.9 Å². The number of halogens is 3. The number of rotatable bonds is 10. The summed E-state index contributed by atoms with van der Waals surface area (Å²) in [5.41, 5.74) is -5.54. The van der Waals surface area contributed by atoms with Gasteiger partial charge in [0, 0.05) is 24.8 Å². The van der Waals surface area contributed by atoms with Crippen molar-refractivity contribution in [3.63, 3.8) is 0 Å². The zero-order valence-electron chi connectivity index (χ0n) is 21.4. The van der Waals surface area contributed by atoms with E-state index in [0.717, 1.165) is 18.4 Å². The number of thiophene rings is 1. The molecule has 0 saturated heterocycles. The number of benzene rings is 2. The number of alkyl halides is 3. The molecular formula is C24H23F3N4O8P2S. The molecule has 42 heavy (non-hydrogen) atoms. The molecule has 2 aromatic carbocycles. The summed E-state index contributed by atoms with van der Waals surface area (Å²) in [6.45, 7) is 0. The minimum Gasteiger partial charge on any atom is -0.360 e. The smallest absolute Gasteiger partial charge is 0.360 e. The van der Waals surface area contributed by atoms with Gasteiger partial charge >= 0.3 is 21.4 Å². The number of nitrogens with one attached hydrogen (secondary N) is 2. The molecule has 0 unspecified atom stereocenters. The molecule has 0 radical (unpaired) electrons. The normalized spacial score (nSPS) is 14.1. The van der Waals surface area contributed by atoms with Gasteiger partial charge in [-0.05, 0) is 29.1 Å². The van der Waals surface area contributed by atoms with Crippen LogP contribution in [0.15, 0.2) is 66.0 Å². The number of anilines is 2. The summed E-state index contributed by atoms with van der Waals surface area (Å²) in [5, 5.41) is 6.12. The summed E-state index contributed by atoms with van der Waals surface area (Å²) >= 11 is 1.09. The lowest BCUT2D eigenvalue weighted by Crippen LogP contribution is -2.57. The highest BCUT2D eigenvalue weighted by molar-refractivity contribution is 7.71. The lowest BCUT2D eigenvalue weighted by atomic mass is 9.92. The van der Waals surface area contributed by atoms with Gasteiger partial charge in [-0.1, -0.05) is 42.5 Å². The van der Waals surface area contributed by atoms with Crippen LogP contribution < -0.4 is 10.6 Å². The van der Waals surface area contributed by atoms with Crippen LogP contribution in [0.2, 0.25) is 0 Å². The van der Waals surface area contributed by atoms with Gasteiger partial charge < -0.3 is 34.9 Å².